The molecule has 0 spiro atoms. The van der Waals surface area contributed by atoms with Crippen molar-refractivity contribution in [3.63, 3.8) is 0 Å². The van der Waals surface area contributed by atoms with E-state index in [9.17, 15) is 4.79 Å². The van der Waals surface area contributed by atoms with Crippen molar-refractivity contribution < 1.29 is 4.79 Å². The molecule has 0 radical (unpaired) electrons. The number of halogens is 2. The molecule has 1 amide bonds. The molecule has 2 heterocycles. The molecular weight excluding hydrogens is 416 g/mol. The number of fused-ring (bicyclic) bond motifs is 1. The minimum absolute atomic E-state index is 0.113. The quantitative estimate of drug-likeness (QED) is 0.765. The van der Waals surface area contributed by atoms with Crippen LogP contribution in [0.5, 0.6) is 0 Å². The van der Waals surface area contributed by atoms with Crippen molar-refractivity contribution in [1.29, 1.82) is 0 Å². The second-order valence-electron chi connectivity index (χ2n) is 6.30. The van der Waals surface area contributed by atoms with E-state index in [1.54, 1.807) is 0 Å². The molecule has 4 rings (SSSR count). The van der Waals surface area contributed by atoms with Crippen molar-refractivity contribution in [2.45, 2.75) is 6.17 Å². The van der Waals surface area contributed by atoms with E-state index < -0.39 is 6.17 Å². The van der Waals surface area contributed by atoms with Gasteiger partial charge in [-0.25, -0.2) is 0 Å². The second-order valence-corrected chi connectivity index (χ2v) is 7.62. The highest BCUT2D eigenvalue weighted by Crippen LogP contribution is 2.30. The van der Waals surface area contributed by atoms with Crippen LogP contribution in [0.25, 0.3) is 0 Å². The van der Waals surface area contributed by atoms with Gasteiger partial charge in [-0.05, 0) is 24.3 Å². The van der Waals surface area contributed by atoms with Gasteiger partial charge in [-0.3, -0.25) is 14.7 Å². The van der Waals surface area contributed by atoms with Crippen LogP contribution in [0.2, 0.25) is 5.02 Å². The summed E-state index contributed by atoms with van der Waals surface area (Å²) >= 11 is 9.99. The van der Waals surface area contributed by atoms with Gasteiger partial charge in [-0.15, -0.1) is 0 Å². The van der Waals surface area contributed by atoms with Crippen LogP contribution in [0.4, 0.5) is 5.69 Å². The average Bonchev–Trinajstić information content (AvgIpc) is 2.79. The summed E-state index contributed by atoms with van der Waals surface area (Å²) < 4.78 is 0.922. The summed E-state index contributed by atoms with van der Waals surface area (Å²) in [6.07, 6.45) is -0.574. The highest BCUT2D eigenvalue weighted by Gasteiger charge is 2.31. The molecule has 2 N–H and O–H groups in total. The van der Waals surface area contributed by atoms with E-state index in [0.29, 0.717) is 5.02 Å². The van der Waals surface area contributed by atoms with Crippen LogP contribution >= 0.6 is 27.5 Å². The molecule has 0 saturated carbocycles. The standard InChI is InChI=1S/C19H18BrClN4O/c20-12-5-6-16-14(11-12)17(13-3-1-2-4-15(13)21)24-18(19(26)23-16)25-9-7-22-8-10-25/h1-6,11,18,22H,7-10H2,(H,23,26). The first kappa shape index (κ1) is 17.7. The number of carbonyl (C=O) groups excluding carboxylic acids is 1. The normalized spacial score (nSPS) is 20.8. The van der Waals surface area contributed by atoms with Crippen LogP contribution in [0.1, 0.15) is 11.1 Å². The third-order valence-corrected chi connectivity index (χ3v) is 5.43. The maximum atomic E-state index is 12.9. The van der Waals surface area contributed by atoms with Crippen LogP contribution in [-0.2, 0) is 4.79 Å². The zero-order valence-corrected chi connectivity index (χ0v) is 16.3. The summed E-state index contributed by atoms with van der Waals surface area (Å²) in [7, 11) is 0. The van der Waals surface area contributed by atoms with Gasteiger partial charge in [0.2, 0.25) is 0 Å². The lowest BCUT2D eigenvalue weighted by Crippen LogP contribution is -2.51. The highest BCUT2D eigenvalue weighted by atomic mass is 79.9. The van der Waals surface area contributed by atoms with Gasteiger partial charge in [0, 0.05) is 46.8 Å². The lowest BCUT2D eigenvalue weighted by molar-refractivity contribution is -0.121. The number of aliphatic imine (C=N–C) groups is 1. The van der Waals surface area contributed by atoms with E-state index in [1.807, 2.05) is 42.5 Å². The fraction of sp³-hybridized carbons (Fsp3) is 0.263. The molecule has 1 unspecified atom stereocenters. The highest BCUT2D eigenvalue weighted by molar-refractivity contribution is 9.10. The van der Waals surface area contributed by atoms with Crippen molar-refractivity contribution in [3.05, 3.63) is 63.1 Å². The Bertz CT molecular complexity index is 880. The van der Waals surface area contributed by atoms with Crippen LogP contribution in [0.15, 0.2) is 51.9 Å². The van der Waals surface area contributed by atoms with Gasteiger partial charge in [-0.1, -0.05) is 45.7 Å². The van der Waals surface area contributed by atoms with Crippen LogP contribution in [0, 0.1) is 0 Å². The summed E-state index contributed by atoms with van der Waals surface area (Å²) in [6.45, 7) is 3.24. The molecule has 1 saturated heterocycles. The molecule has 134 valence electrons. The fourth-order valence-corrected chi connectivity index (χ4v) is 3.90. The number of rotatable bonds is 2. The second kappa shape index (κ2) is 7.48. The number of hydrogen-bond donors (Lipinski definition) is 2. The summed E-state index contributed by atoms with van der Waals surface area (Å²) in [6, 6.07) is 13.4. The molecule has 0 aliphatic carbocycles. The molecule has 0 aromatic heterocycles. The molecule has 26 heavy (non-hydrogen) atoms. The van der Waals surface area contributed by atoms with Gasteiger partial charge < -0.3 is 10.6 Å². The van der Waals surface area contributed by atoms with Gasteiger partial charge in [0.15, 0.2) is 6.17 Å². The number of benzene rings is 2. The Kier molecular flexibility index (Phi) is 5.09. The van der Waals surface area contributed by atoms with E-state index in [2.05, 4.69) is 31.5 Å². The molecular formula is C19H18BrClN4O. The van der Waals surface area contributed by atoms with E-state index >= 15 is 0 Å². The lowest BCUT2D eigenvalue weighted by atomic mass is 10.0. The van der Waals surface area contributed by atoms with Gasteiger partial charge in [0.25, 0.3) is 5.91 Å². The monoisotopic (exact) mass is 432 g/mol. The van der Waals surface area contributed by atoms with Gasteiger partial charge >= 0.3 is 0 Å². The van der Waals surface area contributed by atoms with Crippen LogP contribution in [-0.4, -0.2) is 48.9 Å². The fourth-order valence-electron chi connectivity index (χ4n) is 3.31. The van der Waals surface area contributed by atoms with Crippen molar-refractivity contribution in [2.75, 3.05) is 31.5 Å². The van der Waals surface area contributed by atoms with Gasteiger partial charge in [0.05, 0.1) is 11.4 Å². The van der Waals surface area contributed by atoms with E-state index in [1.165, 1.54) is 0 Å². The van der Waals surface area contributed by atoms with E-state index in [0.717, 1.165) is 53.2 Å². The number of anilines is 1. The number of piperazine rings is 1. The Labute approximate surface area is 165 Å². The Morgan fingerprint density at radius 1 is 1.12 bits per heavy atom. The van der Waals surface area contributed by atoms with E-state index in [4.69, 9.17) is 16.6 Å². The van der Waals surface area contributed by atoms with Crippen molar-refractivity contribution in [3.8, 4) is 0 Å². The third-order valence-electron chi connectivity index (χ3n) is 4.61. The number of nitrogens with zero attached hydrogens (tertiary/aromatic N) is 2. The molecule has 0 bridgehead atoms. The Hall–Kier alpha value is -1.73. The molecule has 2 aromatic carbocycles. The van der Waals surface area contributed by atoms with Crippen LogP contribution in [0.3, 0.4) is 0 Å². The smallest absolute Gasteiger partial charge is 0.264 e. The first-order valence-corrected chi connectivity index (χ1v) is 9.69. The topological polar surface area (TPSA) is 56.7 Å². The number of amides is 1. The molecule has 2 aromatic rings. The number of nitrogens with one attached hydrogen (secondary N) is 2. The molecule has 5 nitrogen and oxygen atoms in total. The zero-order valence-electron chi connectivity index (χ0n) is 14.0. The maximum absolute atomic E-state index is 12.9. The molecule has 1 atom stereocenters. The number of benzodiazepines with no additional fused rings is 1. The minimum Gasteiger partial charge on any atom is -0.322 e. The van der Waals surface area contributed by atoms with Crippen molar-refractivity contribution >= 4 is 44.8 Å². The number of hydrogen-bond acceptors (Lipinski definition) is 4. The molecule has 7 heteroatoms. The first-order valence-electron chi connectivity index (χ1n) is 8.52. The maximum Gasteiger partial charge on any atom is 0.264 e. The Morgan fingerprint density at radius 2 is 1.88 bits per heavy atom. The summed E-state index contributed by atoms with van der Waals surface area (Å²) in [4.78, 5) is 19.9. The largest absolute Gasteiger partial charge is 0.322 e. The zero-order chi connectivity index (χ0) is 18.1. The minimum atomic E-state index is -0.574. The summed E-state index contributed by atoms with van der Waals surface area (Å²) in [5, 5.41) is 6.96. The number of carbonyl (C=O) groups is 1. The predicted molar refractivity (Wildman–Crippen MR) is 108 cm³/mol. The van der Waals surface area contributed by atoms with E-state index in [-0.39, 0.29) is 5.91 Å². The SMILES string of the molecule is O=C1Nc2ccc(Br)cc2C(c2ccccc2Cl)=NC1N1CCNCC1. The third kappa shape index (κ3) is 3.42. The molecule has 2 aliphatic rings. The van der Waals surface area contributed by atoms with Gasteiger partial charge in [-0.2, -0.15) is 0 Å². The molecule has 1 fully saturated rings. The lowest BCUT2D eigenvalue weighted by Gasteiger charge is -2.31. The average molecular weight is 434 g/mol. The van der Waals surface area contributed by atoms with Crippen molar-refractivity contribution in [1.82, 2.24) is 10.2 Å². The summed E-state index contributed by atoms with van der Waals surface area (Å²) in [5.74, 6) is -0.113. The first-order chi connectivity index (χ1) is 12.6. The Balaban J connectivity index is 1.88. The van der Waals surface area contributed by atoms with Crippen LogP contribution < -0.4 is 10.6 Å². The Morgan fingerprint density at radius 3 is 2.65 bits per heavy atom. The van der Waals surface area contributed by atoms with Crippen molar-refractivity contribution in [2.24, 2.45) is 4.99 Å². The molecule has 2 aliphatic heterocycles. The summed E-state index contributed by atoms with van der Waals surface area (Å²) in [5.41, 5.74) is 3.16. The van der Waals surface area contributed by atoms with Gasteiger partial charge in [0.1, 0.15) is 0 Å². The predicted octanol–water partition coefficient (Wildman–Crippen LogP) is 3.12.